The highest BCUT2D eigenvalue weighted by Crippen LogP contribution is 2.36. The molecule has 0 spiro atoms. The third-order valence-corrected chi connectivity index (χ3v) is 5.85. The van der Waals surface area contributed by atoms with Gasteiger partial charge in [0.1, 0.15) is 0 Å². The lowest BCUT2D eigenvalue weighted by Gasteiger charge is -2.23. The number of nitrogens with one attached hydrogen (secondary N) is 1. The Morgan fingerprint density at radius 1 is 1.20 bits per heavy atom. The predicted molar refractivity (Wildman–Crippen MR) is 92.7 cm³/mol. The third kappa shape index (κ3) is 3.34. The molecule has 0 radical (unpaired) electrons. The van der Waals surface area contributed by atoms with Crippen molar-refractivity contribution in [3.63, 3.8) is 0 Å². The second-order valence-corrected chi connectivity index (χ2v) is 7.40. The molecule has 0 saturated carbocycles. The van der Waals surface area contributed by atoms with Crippen LogP contribution in [0.1, 0.15) is 25.3 Å². The van der Waals surface area contributed by atoms with Crippen LogP contribution in [-0.4, -0.2) is 44.2 Å². The lowest BCUT2D eigenvalue weighted by atomic mass is 10.1. The van der Waals surface area contributed by atoms with Gasteiger partial charge in [-0.2, -0.15) is 9.36 Å². The largest absolute Gasteiger partial charge is 0.381 e. The number of anilines is 1. The van der Waals surface area contributed by atoms with E-state index in [4.69, 9.17) is 4.74 Å². The van der Waals surface area contributed by atoms with Crippen LogP contribution >= 0.6 is 11.8 Å². The number of thioether (sulfide) groups is 1. The van der Waals surface area contributed by atoms with Crippen molar-refractivity contribution in [2.75, 3.05) is 18.5 Å². The zero-order valence-corrected chi connectivity index (χ0v) is 14.4. The Balaban J connectivity index is 1.43. The van der Waals surface area contributed by atoms with Crippen molar-refractivity contribution in [2.45, 2.75) is 42.0 Å². The number of nitrogens with zero attached hydrogens (tertiary/aromatic N) is 4. The lowest BCUT2D eigenvalue weighted by Crippen LogP contribution is -2.34. The van der Waals surface area contributed by atoms with Crippen molar-refractivity contribution in [1.29, 1.82) is 0 Å². The summed E-state index contributed by atoms with van der Waals surface area (Å²) in [6.07, 6.45) is 2.07. The van der Waals surface area contributed by atoms with Gasteiger partial charge < -0.3 is 10.1 Å². The van der Waals surface area contributed by atoms with Crippen LogP contribution in [0.3, 0.4) is 0 Å². The van der Waals surface area contributed by atoms with Crippen LogP contribution in [0.4, 0.5) is 5.69 Å². The van der Waals surface area contributed by atoms with Gasteiger partial charge in [0.05, 0.1) is 17.0 Å². The molecular weight excluding hydrogens is 342 g/mol. The molecule has 2 aliphatic rings. The van der Waals surface area contributed by atoms with E-state index >= 15 is 0 Å². The van der Waals surface area contributed by atoms with Crippen LogP contribution in [0.5, 0.6) is 0 Å². The molecule has 4 rings (SSSR count). The summed E-state index contributed by atoms with van der Waals surface area (Å²) in [5.74, 6) is -0.0337. The van der Waals surface area contributed by atoms with Crippen LogP contribution < -0.4 is 11.0 Å². The molecule has 8 nitrogen and oxygen atoms in total. The number of hydrogen-bond acceptors (Lipinski definition) is 6. The van der Waals surface area contributed by atoms with E-state index in [1.165, 1.54) is 21.1 Å². The smallest absolute Gasteiger partial charge is 0.363 e. The highest BCUT2D eigenvalue weighted by atomic mass is 32.2. The molecule has 25 heavy (non-hydrogen) atoms. The van der Waals surface area contributed by atoms with Gasteiger partial charge in [0, 0.05) is 24.7 Å². The number of para-hydroxylation sites is 1. The van der Waals surface area contributed by atoms with Gasteiger partial charge in [-0.05, 0) is 41.8 Å². The molecule has 3 heterocycles. The van der Waals surface area contributed by atoms with Crippen molar-refractivity contribution >= 4 is 23.4 Å². The number of aromatic nitrogens is 4. The monoisotopic (exact) mass is 361 g/mol. The van der Waals surface area contributed by atoms with E-state index in [1.54, 1.807) is 0 Å². The van der Waals surface area contributed by atoms with Crippen LogP contribution in [0.25, 0.3) is 0 Å². The highest BCUT2D eigenvalue weighted by molar-refractivity contribution is 8.01. The first kappa shape index (κ1) is 16.3. The predicted octanol–water partition coefficient (Wildman–Crippen LogP) is 1.29. The third-order valence-electron chi connectivity index (χ3n) is 4.51. The van der Waals surface area contributed by atoms with Crippen molar-refractivity contribution in [3.8, 4) is 0 Å². The van der Waals surface area contributed by atoms with Gasteiger partial charge in [-0.3, -0.25) is 4.79 Å². The average Bonchev–Trinajstić information content (AvgIpc) is 3.01. The first-order valence-electron chi connectivity index (χ1n) is 8.39. The Hall–Kier alpha value is -2.13. The number of tetrazole rings is 1. The minimum absolute atomic E-state index is 0.0337. The summed E-state index contributed by atoms with van der Waals surface area (Å²) < 4.78 is 8.12. The summed E-state index contributed by atoms with van der Waals surface area (Å²) >= 11 is 1.53. The second-order valence-electron chi connectivity index (χ2n) is 6.15. The molecule has 1 aromatic heterocycles. The fourth-order valence-electron chi connectivity index (χ4n) is 3.11. The molecular formula is C16H19N5O3S. The minimum atomic E-state index is -0.241. The molecule has 9 heteroatoms. The Kier molecular flexibility index (Phi) is 4.58. The molecule has 1 atom stereocenters. The topological polar surface area (TPSA) is 91.0 Å². The highest BCUT2D eigenvalue weighted by Gasteiger charge is 2.27. The molecule has 0 aliphatic carbocycles. The summed E-state index contributed by atoms with van der Waals surface area (Å²) in [6.45, 7) is 1.65. The molecule has 132 valence electrons. The lowest BCUT2D eigenvalue weighted by molar-refractivity contribution is -0.116. The Bertz CT molecular complexity index is 827. The zero-order chi connectivity index (χ0) is 17.2. The van der Waals surface area contributed by atoms with E-state index in [-0.39, 0.29) is 22.9 Å². The van der Waals surface area contributed by atoms with Gasteiger partial charge in [0.15, 0.2) is 0 Å². The maximum Gasteiger partial charge on any atom is 0.363 e. The molecule has 1 saturated heterocycles. The molecule has 1 unspecified atom stereocenters. The first-order chi connectivity index (χ1) is 12.2. The standard InChI is InChI=1S/C16H19N5O3S/c22-15-14(25-13-4-2-1-3-12(13)17-15)5-8-20-16(23)21(19-18-20)11-6-9-24-10-7-11/h1-4,11,14H,5-10H2,(H,17,22). The summed E-state index contributed by atoms with van der Waals surface area (Å²) in [6, 6.07) is 7.77. The number of benzene rings is 1. The Morgan fingerprint density at radius 2 is 2.00 bits per heavy atom. The Morgan fingerprint density at radius 3 is 2.84 bits per heavy atom. The minimum Gasteiger partial charge on any atom is -0.381 e. The number of ether oxygens (including phenoxy) is 1. The van der Waals surface area contributed by atoms with Crippen molar-refractivity contribution in [2.24, 2.45) is 0 Å². The molecule has 2 aromatic rings. The quantitative estimate of drug-likeness (QED) is 0.882. The van der Waals surface area contributed by atoms with E-state index in [0.29, 0.717) is 26.2 Å². The normalized spacial score (nSPS) is 21.0. The summed E-state index contributed by atoms with van der Waals surface area (Å²) in [4.78, 5) is 25.8. The SMILES string of the molecule is O=C1Nc2ccccc2SC1CCn1nnn(C2CCOCC2)c1=O. The Labute approximate surface area is 148 Å². The van der Waals surface area contributed by atoms with Gasteiger partial charge >= 0.3 is 5.69 Å². The van der Waals surface area contributed by atoms with Gasteiger partial charge in [0.2, 0.25) is 5.91 Å². The van der Waals surface area contributed by atoms with Gasteiger partial charge in [-0.25, -0.2) is 4.79 Å². The van der Waals surface area contributed by atoms with E-state index < -0.39 is 0 Å². The fourth-order valence-corrected chi connectivity index (χ4v) is 4.21. The second kappa shape index (κ2) is 7.01. The number of fused-ring (bicyclic) bond motifs is 1. The van der Waals surface area contributed by atoms with Crippen molar-refractivity contribution in [1.82, 2.24) is 19.8 Å². The maximum atomic E-state index is 12.5. The van der Waals surface area contributed by atoms with Crippen LogP contribution in [0.15, 0.2) is 34.0 Å². The zero-order valence-electron chi connectivity index (χ0n) is 13.6. The molecule has 1 N–H and O–H groups in total. The molecule has 1 fully saturated rings. The van der Waals surface area contributed by atoms with Crippen LogP contribution in [0.2, 0.25) is 0 Å². The van der Waals surface area contributed by atoms with E-state index in [1.807, 2.05) is 24.3 Å². The number of carbonyl (C=O) groups is 1. The van der Waals surface area contributed by atoms with Gasteiger partial charge in [0.25, 0.3) is 0 Å². The van der Waals surface area contributed by atoms with Gasteiger partial charge in [-0.15, -0.1) is 11.8 Å². The number of rotatable bonds is 4. The first-order valence-corrected chi connectivity index (χ1v) is 9.27. The maximum absolute atomic E-state index is 12.5. The van der Waals surface area contributed by atoms with Crippen LogP contribution in [0, 0.1) is 0 Å². The van der Waals surface area contributed by atoms with E-state index in [0.717, 1.165) is 23.4 Å². The van der Waals surface area contributed by atoms with Crippen molar-refractivity contribution < 1.29 is 9.53 Å². The molecule has 1 aromatic carbocycles. The number of amides is 1. The summed E-state index contributed by atoms with van der Waals surface area (Å²) in [7, 11) is 0. The fraction of sp³-hybridized carbons (Fsp3) is 0.500. The number of carbonyl (C=O) groups excluding carboxylic acids is 1. The van der Waals surface area contributed by atoms with E-state index in [2.05, 4.69) is 15.7 Å². The van der Waals surface area contributed by atoms with Crippen LogP contribution in [-0.2, 0) is 16.1 Å². The van der Waals surface area contributed by atoms with Crippen molar-refractivity contribution in [3.05, 3.63) is 34.7 Å². The molecule has 2 aliphatic heterocycles. The molecule has 0 bridgehead atoms. The van der Waals surface area contributed by atoms with E-state index in [9.17, 15) is 9.59 Å². The summed E-state index contributed by atoms with van der Waals surface area (Å²) in [5.41, 5.74) is 0.630. The summed E-state index contributed by atoms with van der Waals surface area (Å²) in [5, 5.41) is 10.7. The number of aryl methyl sites for hydroxylation is 1. The molecule has 1 amide bonds. The van der Waals surface area contributed by atoms with Gasteiger partial charge in [-0.1, -0.05) is 12.1 Å². The number of hydrogen-bond donors (Lipinski definition) is 1. The average molecular weight is 361 g/mol.